The van der Waals surface area contributed by atoms with Gasteiger partial charge in [0.2, 0.25) is 0 Å². The van der Waals surface area contributed by atoms with Gasteiger partial charge in [-0.1, -0.05) is 0 Å². The Hall–Kier alpha value is -2.63. The molecule has 0 saturated heterocycles. The van der Waals surface area contributed by atoms with Crippen molar-refractivity contribution >= 4 is 17.5 Å². The first-order valence-corrected chi connectivity index (χ1v) is 6.86. The maximum absolute atomic E-state index is 12.0. The lowest BCUT2D eigenvalue weighted by molar-refractivity contribution is 0.0950. The third kappa shape index (κ3) is 3.10. The zero-order valence-corrected chi connectivity index (χ0v) is 11.6. The summed E-state index contributed by atoms with van der Waals surface area (Å²) in [7, 11) is 0. The number of hydrogen-bond acceptors (Lipinski definition) is 3. The van der Waals surface area contributed by atoms with E-state index in [0.717, 1.165) is 12.8 Å². The molecular formula is C15H16N4O2. The second-order valence-corrected chi connectivity index (χ2v) is 5.19. The molecule has 1 heterocycles. The van der Waals surface area contributed by atoms with Gasteiger partial charge in [-0.05, 0) is 44.0 Å². The number of hydrogen-bond donors (Lipinski definition) is 3. The maximum atomic E-state index is 12.0. The summed E-state index contributed by atoms with van der Waals surface area (Å²) >= 11 is 0. The zero-order valence-electron chi connectivity index (χ0n) is 11.6. The van der Waals surface area contributed by atoms with Crippen LogP contribution in [-0.2, 0) is 0 Å². The summed E-state index contributed by atoms with van der Waals surface area (Å²) in [5.41, 5.74) is 2.46. The third-order valence-corrected chi connectivity index (χ3v) is 3.39. The van der Waals surface area contributed by atoms with Gasteiger partial charge in [-0.3, -0.25) is 14.7 Å². The van der Waals surface area contributed by atoms with Gasteiger partial charge in [0.25, 0.3) is 11.8 Å². The topological polar surface area (TPSA) is 86.9 Å². The van der Waals surface area contributed by atoms with Crippen LogP contribution >= 0.6 is 0 Å². The van der Waals surface area contributed by atoms with E-state index in [1.54, 1.807) is 31.2 Å². The van der Waals surface area contributed by atoms with E-state index < -0.39 is 0 Å². The number of anilines is 1. The lowest BCUT2D eigenvalue weighted by Crippen LogP contribution is -2.25. The maximum Gasteiger partial charge on any atom is 0.259 e. The Morgan fingerprint density at radius 1 is 1.19 bits per heavy atom. The second kappa shape index (κ2) is 5.40. The molecule has 0 aliphatic heterocycles. The van der Waals surface area contributed by atoms with Gasteiger partial charge < -0.3 is 10.6 Å². The smallest absolute Gasteiger partial charge is 0.259 e. The summed E-state index contributed by atoms with van der Waals surface area (Å²) in [6, 6.07) is 7.18. The Labute approximate surface area is 121 Å². The molecule has 2 amide bonds. The Morgan fingerprint density at radius 3 is 2.48 bits per heavy atom. The fraction of sp³-hybridized carbons (Fsp3) is 0.267. The van der Waals surface area contributed by atoms with Gasteiger partial charge >= 0.3 is 0 Å². The SMILES string of the molecule is Cc1[nH]ncc1C(=O)Nc1ccc(C(=O)NC2CC2)cc1. The van der Waals surface area contributed by atoms with E-state index in [4.69, 9.17) is 0 Å². The number of nitrogens with one attached hydrogen (secondary N) is 3. The van der Waals surface area contributed by atoms with Crippen LogP contribution in [-0.4, -0.2) is 28.1 Å². The van der Waals surface area contributed by atoms with Crippen LogP contribution < -0.4 is 10.6 Å². The Balaban J connectivity index is 1.65. The van der Waals surface area contributed by atoms with Gasteiger partial charge in [0.1, 0.15) is 0 Å². The summed E-state index contributed by atoms with van der Waals surface area (Å²) in [5.74, 6) is -0.294. The van der Waals surface area contributed by atoms with Crippen LogP contribution in [0.5, 0.6) is 0 Å². The van der Waals surface area contributed by atoms with Crippen molar-refractivity contribution in [2.45, 2.75) is 25.8 Å². The van der Waals surface area contributed by atoms with Crippen molar-refractivity contribution < 1.29 is 9.59 Å². The molecule has 1 fully saturated rings. The van der Waals surface area contributed by atoms with Crippen molar-refractivity contribution in [3.05, 3.63) is 47.3 Å². The summed E-state index contributed by atoms with van der Waals surface area (Å²) in [4.78, 5) is 23.9. The van der Waals surface area contributed by atoms with Crippen LogP contribution in [0.1, 0.15) is 39.3 Å². The molecule has 0 bridgehead atoms. The van der Waals surface area contributed by atoms with E-state index in [1.165, 1.54) is 6.20 Å². The normalized spacial score (nSPS) is 13.8. The average molecular weight is 284 g/mol. The van der Waals surface area contributed by atoms with Crippen molar-refractivity contribution in [3.63, 3.8) is 0 Å². The molecule has 6 nitrogen and oxygen atoms in total. The number of nitrogens with zero attached hydrogens (tertiary/aromatic N) is 1. The molecular weight excluding hydrogens is 268 g/mol. The quantitative estimate of drug-likeness (QED) is 0.801. The summed E-state index contributed by atoms with van der Waals surface area (Å²) < 4.78 is 0. The molecule has 0 radical (unpaired) electrons. The number of benzene rings is 1. The Morgan fingerprint density at radius 2 is 1.90 bits per heavy atom. The summed E-state index contributed by atoms with van der Waals surface area (Å²) in [6.45, 7) is 1.78. The number of carbonyl (C=O) groups excluding carboxylic acids is 2. The lowest BCUT2D eigenvalue weighted by atomic mass is 10.2. The molecule has 3 rings (SSSR count). The van der Waals surface area contributed by atoms with Gasteiger partial charge in [0, 0.05) is 23.0 Å². The molecule has 1 aliphatic rings. The first-order valence-electron chi connectivity index (χ1n) is 6.86. The number of aromatic nitrogens is 2. The molecule has 1 aromatic carbocycles. The van der Waals surface area contributed by atoms with E-state index in [9.17, 15) is 9.59 Å². The van der Waals surface area contributed by atoms with Crippen molar-refractivity contribution in [3.8, 4) is 0 Å². The Bertz CT molecular complexity index is 671. The molecule has 0 unspecified atom stereocenters. The fourth-order valence-corrected chi connectivity index (χ4v) is 1.98. The number of H-pyrrole nitrogens is 1. The van der Waals surface area contributed by atoms with Crippen LogP contribution in [0.3, 0.4) is 0 Å². The Kier molecular flexibility index (Phi) is 3.43. The van der Waals surface area contributed by atoms with Gasteiger partial charge in [0.05, 0.1) is 11.8 Å². The highest BCUT2D eigenvalue weighted by Gasteiger charge is 2.23. The minimum absolute atomic E-state index is 0.0685. The predicted octanol–water partition coefficient (Wildman–Crippen LogP) is 1.86. The van der Waals surface area contributed by atoms with Crippen molar-refractivity contribution in [1.29, 1.82) is 0 Å². The second-order valence-electron chi connectivity index (χ2n) is 5.19. The minimum atomic E-state index is -0.226. The highest BCUT2D eigenvalue weighted by molar-refractivity contribution is 6.05. The molecule has 1 saturated carbocycles. The standard InChI is InChI=1S/C15H16N4O2/c1-9-13(8-16-19-9)15(21)18-11-4-2-10(3-5-11)14(20)17-12-6-7-12/h2-5,8,12H,6-7H2,1H3,(H,16,19)(H,17,20)(H,18,21). The third-order valence-electron chi connectivity index (χ3n) is 3.39. The molecule has 2 aromatic rings. The molecule has 3 N–H and O–H groups in total. The molecule has 0 spiro atoms. The van der Waals surface area contributed by atoms with Gasteiger partial charge in [0.15, 0.2) is 0 Å². The number of carbonyl (C=O) groups is 2. The highest BCUT2D eigenvalue weighted by atomic mass is 16.2. The number of rotatable bonds is 4. The number of aryl methyl sites for hydroxylation is 1. The number of aromatic amines is 1. The fourth-order valence-electron chi connectivity index (χ4n) is 1.98. The summed E-state index contributed by atoms with van der Waals surface area (Å²) in [6.07, 6.45) is 3.61. The van der Waals surface area contributed by atoms with Crippen LogP contribution in [0, 0.1) is 6.92 Å². The number of amides is 2. The van der Waals surface area contributed by atoms with E-state index in [1.807, 2.05) is 0 Å². The van der Waals surface area contributed by atoms with Crippen molar-refractivity contribution in [2.75, 3.05) is 5.32 Å². The zero-order chi connectivity index (χ0) is 14.8. The van der Waals surface area contributed by atoms with Crippen LogP contribution in [0.15, 0.2) is 30.5 Å². The van der Waals surface area contributed by atoms with Crippen molar-refractivity contribution in [2.24, 2.45) is 0 Å². The molecule has 1 aromatic heterocycles. The van der Waals surface area contributed by atoms with Crippen LogP contribution in [0.2, 0.25) is 0 Å². The first-order chi connectivity index (χ1) is 10.1. The van der Waals surface area contributed by atoms with Crippen LogP contribution in [0.4, 0.5) is 5.69 Å². The monoisotopic (exact) mass is 284 g/mol. The highest BCUT2D eigenvalue weighted by Crippen LogP contribution is 2.19. The van der Waals surface area contributed by atoms with Gasteiger partial charge in [-0.25, -0.2) is 0 Å². The van der Waals surface area contributed by atoms with Gasteiger partial charge in [-0.2, -0.15) is 5.10 Å². The predicted molar refractivity (Wildman–Crippen MR) is 78.2 cm³/mol. The molecule has 6 heteroatoms. The lowest BCUT2D eigenvalue weighted by Gasteiger charge is -2.06. The molecule has 21 heavy (non-hydrogen) atoms. The average Bonchev–Trinajstić information content (AvgIpc) is 3.18. The molecule has 0 atom stereocenters. The van der Waals surface area contributed by atoms with Crippen LogP contribution in [0.25, 0.3) is 0 Å². The van der Waals surface area contributed by atoms with E-state index in [2.05, 4.69) is 20.8 Å². The minimum Gasteiger partial charge on any atom is -0.349 e. The van der Waals surface area contributed by atoms with Gasteiger partial charge in [-0.15, -0.1) is 0 Å². The largest absolute Gasteiger partial charge is 0.349 e. The molecule has 1 aliphatic carbocycles. The van der Waals surface area contributed by atoms with E-state index >= 15 is 0 Å². The van der Waals surface area contributed by atoms with E-state index in [0.29, 0.717) is 28.6 Å². The van der Waals surface area contributed by atoms with E-state index in [-0.39, 0.29) is 11.8 Å². The summed E-state index contributed by atoms with van der Waals surface area (Å²) in [5, 5.41) is 12.2. The van der Waals surface area contributed by atoms with Crippen molar-refractivity contribution in [1.82, 2.24) is 15.5 Å². The molecule has 108 valence electrons. The first kappa shape index (κ1) is 13.4.